The van der Waals surface area contributed by atoms with E-state index < -0.39 is 22.4 Å². The number of nitriles is 1. The van der Waals surface area contributed by atoms with E-state index in [0.717, 1.165) is 6.07 Å². The van der Waals surface area contributed by atoms with Crippen LogP contribution < -0.4 is 0 Å². The summed E-state index contributed by atoms with van der Waals surface area (Å²) >= 11 is 0. The van der Waals surface area contributed by atoms with Crippen molar-refractivity contribution in [3.05, 3.63) is 65.2 Å². The molecule has 0 heterocycles. The molecular formula is C14H9F2NOS. The van der Waals surface area contributed by atoms with Gasteiger partial charge in [0.25, 0.3) is 0 Å². The summed E-state index contributed by atoms with van der Waals surface area (Å²) in [5, 5.41) is 8.73. The molecule has 0 fully saturated rings. The van der Waals surface area contributed by atoms with Crippen molar-refractivity contribution in [2.45, 2.75) is 10.6 Å². The molecule has 5 heteroatoms. The zero-order chi connectivity index (χ0) is 13.8. The van der Waals surface area contributed by atoms with Crippen molar-refractivity contribution in [2.24, 2.45) is 0 Å². The largest absolute Gasteiger partial charge is 0.254 e. The monoisotopic (exact) mass is 277 g/mol. The van der Waals surface area contributed by atoms with Crippen LogP contribution in [0, 0.1) is 23.0 Å². The van der Waals surface area contributed by atoms with E-state index in [1.807, 2.05) is 6.07 Å². The number of hydrogen-bond donors (Lipinski definition) is 0. The van der Waals surface area contributed by atoms with Gasteiger partial charge in [0.2, 0.25) is 0 Å². The average molecular weight is 277 g/mol. The van der Waals surface area contributed by atoms with Crippen LogP contribution in [0.4, 0.5) is 8.78 Å². The van der Waals surface area contributed by atoms with E-state index in [9.17, 15) is 13.0 Å². The summed E-state index contributed by atoms with van der Waals surface area (Å²) in [6.45, 7) is 0. The summed E-state index contributed by atoms with van der Waals surface area (Å²) in [4.78, 5) is 0.0743. The second-order valence-electron chi connectivity index (χ2n) is 3.88. The van der Waals surface area contributed by atoms with Crippen LogP contribution in [0.2, 0.25) is 0 Å². The van der Waals surface area contributed by atoms with Gasteiger partial charge in [-0.3, -0.25) is 4.21 Å². The Morgan fingerprint density at radius 3 is 2.58 bits per heavy atom. The lowest BCUT2D eigenvalue weighted by molar-refractivity contribution is 0.595. The second-order valence-corrected chi connectivity index (χ2v) is 5.30. The average Bonchev–Trinajstić information content (AvgIpc) is 2.38. The van der Waals surface area contributed by atoms with Crippen molar-refractivity contribution in [3.8, 4) is 6.07 Å². The van der Waals surface area contributed by atoms with Crippen LogP contribution in [0.3, 0.4) is 0 Å². The number of benzene rings is 2. The minimum absolute atomic E-state index is 0.0344. The van der Waals surface area contributed by atoms with Gasteiger partial charge in [0.05, 0.1) is 33.1 Å². The summed E-state index contributed by atoms with van der Waals surface area (Å²) in [6.07, 6.45) is 0. The van der Waals surface area contributed by atoms with Crippen molar-refractivity contribution in [1.82, 2.24) is 0 Å². The lowest BCUT2D eigenvalue weighted by atomic mass is 10.1. The summed E-state index contributed by atoms with van der Waals surface area (Å²) in [6, 6.07) is 11.3. The van der Waals surface area contributed by atoms with Crippen molar-refractivity contribution in [2.75, 3.05) is 0 Å². The fraction of sp³-hybridized carbons (Fsp3) is 0.0714. The van der Waals surface area contributed by atoms with Gasteiger partial charge < -0.3 is 0 Å². The predicted octanol–water partition coefficient (Wildman–Crippen LogP) is 3.14. The van der Waals surface area contributed by atoms with Crippen LogP contribution in [0.1, 0.15) is 11.1 Å². The van der Waals surface area contributed by atoms with E-state index in [2.05, 4.69) is 0 Å². The van der Waals surface area contributed by atoms with Gasteiger partial charge in [0.15, 0.2) is 0 Å². The van der Waals surface area contributed by atoms with Crippen molar-refractivity contribution in [1.29, 1.82) is 5.26 Å². The van der Waals surface area contributed by atoms with E-state index in [1.165, 1.54) is 30.3 Å². The van der Waals surface area contributed by atoms with Gasteiger partial charge in [-0.25, -0.2) is 8.78 Å². The minimum atomic E-state index is -1.62. The molecule has 0 aromatic heterocycles. The van der Waals surface area contributed by atoms with Gasteiger partial charge in [-0.1, -0.05) is 12.1 Å². The first-order valence-electron chi connectivity index (χ1n) is 5.42. The normalized spacial score (nSPS) is 11.8. The maximum absolute atomic E-state index is 13.4. The molecule has 2 rings (SSSR count). The van der Waals surface area contributed by atoms with E-state index in [-0.39, 0.29) is 16.2 Å². The number of rotatable bonds is 3. The zero-order valence-corrected chi connectivity index (χ0v) is 10.6. The van der Waals surface area contributed by atoms with Gasteiger partial charge in [0, 0.05) is 0 Å². The molecule has 2 aromatic carbocycles. The van der Waals surface area contributed by atoms with E-state index >= 15 is 0 Å². The third kappa shape index (κ3) is 3.24. The summed E-state index contributed by atoms with van der Waals surface area (Å²) in [7, 11) is -1.62. The topological polar surface area (TPSA) is 40.9 Å². The third-order valence-electron chi connectivity index (χ3n) is 2.47. The zero-order valence-electron chi connectivity index (χ0n) is 9.77. The van der Waals surface area contributed by atoms with Crippen LogP contribution in [0.15, 0.2) is 47.4 Å². The van der Waals surface area contributed by atoms with Crippen LogP contribution in [0.25, 0.3) is 0 Å². The summed E-state index contributed by atoms with van der Waals surface area (Å²) in [5.74, 6) is -1.16. The summed E-state index contributed by atoms with van der Waals surface area (Å²) in [5.41, 5.74) is 0.554. The fourth-order valence-electron chi connectivity index (χ4n) is 1.66. The van der Waals surface area contributed by atoms with Gasteiger partial charge in [-0.05, 0) is 35.9 Å². The highest BCUT2D eigenvalue weighted by Gasteiger charge is 2.11. The molecule has 2 nitrogen and oxygen atoms in total. The Kier molecular flexibility index (Phi) is 4.03. The molecule has 0 aliphatic carbocycles. The Morgan fingerprint density at radius 1 is 1.16 bits per heavy atom. The SMILES string of the molecule is N#Cc1cc(F)cc(CS(=O)c2ccccc2F)c1. The quantitative estimate of drug-likeness (QED) is 0.864. The molecule has 0 aliphatic heterocycles. The highest BCUT2D eigenvalue weighted by Crippen LogP contribution is 2.17. The predicted molar refractivity (Wildman–Crippen MR) is 67.6 cm³/mol. The van der Waals surface area contributed by atoms with E-state index in [4.69, 9.17) is 5.26 Å². The van der Waals surface area contributed by atoms with Crippen LogP contribution in [-0.2, 0) is 16.6 Å². The van der Waals surface area contributed by atoms with E-state index in [0.29, 0.717) is 5.56 Å². The highest BCUT2D eigenvalue weighted by molar-refractivity contribution is 7.84. The Hall–Kier alpha value is -2.06. The molecule has 0 N–H and O–H groups in total. The smallest absolute Gasteiger partial charge is 0.139 e. The molecule has 1 unspecified atom stereocenters. The van der Waals surface area contributed by atoms with Crippen LogP contribution >= 0.6 is 0 Å². The van der Waals surface area contributed by atoms with Gasteiger partial charge in [0.1, 0.15) is 11.6 Å². The van der Waals surface area contributed by atoms with E-state index in [1.54, 1.807) is 6.07 Å². The Labute approximate surface area is 111 Å². The Bertz CT molecular complexity index is 679. The Balaban J connectivity index is 2.27. The molecule has 2 aromatic rings. The first-order chi connectivity index (χ1) is 9.10. The third-order valence-corrected chi connectivity index (χ3v) is 3.88. The molecule has 0 saturated heterocycles. The maximum Gasteiger partial charge on any atom is 0.139 e. The summed E-state index contributed by atoms with van der Waals surface area (Å²) < 4.78 is 38.7. The molecular weight excluding hydrogens is 268 g/mol. The second kappa shape index (κ2) is 5.72. The molecule has 96 valence electrons. The lowest BCUT2D eigenvalue weighted by Gasteiger charge is -2.04. The molecule has 0 saturated carbocycles. The molecule has 0 amide bonds. The fourth-order valence-corrected chi connectivity index (χ4v) is 2.80. The lowest BCUT2D eigenvalue weighted by Crippen LogP contribution is -2.00. The number of hydrogen-bond acceptors (Lipinski definition) is 2. The molecule has 19 heavy (non-hydrogen) atoms. The van der Waals surface area contributed by atoms with Crippen LogP contribution in [-0.4, -0.2) is 4.21 Å². The van der Waals surface area contributed by atoms with Gasteiger partial charge >= 0.3 is 0 Å². The Morgan fingerprint density at radius 2 is 1.89 bits per heavy atom. The molecule has 0 bridgehead atoms. The number of nitrogens with zero attached hydrogens (tertiary/aromatic N) is 1. The standard InChI is InChI=1S/C14H9F2NOS/c15-12-6-10(8-17)5-11(7-12)9-19(18)14-4-2-1-3-13(14)16/h1-7H,9H2. The van der Waals surface area contributed by atoms with Crippen molar-refractivity contribution in [3.63, 3.8) is 0 Å². The van der Waals surface area contributed by atoms with Gasteiger partial charge in [-0.15, -0.1) is 0 Å². The highest BCUT2D eigenvalue weighted by atomic mass is 32.2. The minimum Gasteiger partial charge on any atom is -0.254 e. The molecule has 0 spiro atoms. The van der Waals surface area contributed by atoms with Crippen molar-refractivity contribution < 1.29 is 13.0 Å². The molecule has 1 atom stereocenters. The molecule has 0 aliphatic rings. The maximum atomic E-state index is 13.4. The van der Waals surface area contributed by atoms with Crippen molar-refractivity contribution >= 4 is 10.8 Å². The first kappa shape index (κ1) is 13.4. The first-order valence-corrected chi connectivity index (χ1v) is 6.74. The molecule has 0 radical (unpaired) electrons. The van der Waals surface area contributed by atoms with Gasteiger partial charge in [-0.2, -0.15) is 5.26 Å². The number of halogens is 2. The van der Waals surface area contributed by atoms with Crippen LogP contribution in [0.5, 0.6) is 0 Å².